The summed E-state index contributed by atoms with van der Waals surface area (Å²) in [5, 5.41) is 0.577. The van der Waals surface area contributed by atoms with Crippen LogP contribution in [-0.2, 0) is 6.42 Å². The molecule has 19 heavy (non-hydrogen) atoms. The summed E-state index contributed by atoms with van der Waals surface area (Å²) in [6.07, 6.45) is 2.34. The molecule has 6 heteroatoms. The van der Waals surface area contributed by atoms with Crippen molar-refractivity contribution < 1.29 is 0 Å². The lowest BCUT2D eigenvalue weighted by Crippen LogP contribution is -2.17. The van der Waals surface area contributed by atoms with Crippen molar-refractivity contribution in [3.05, 3.63) is 50.9 Å². The van der Waals surface area contributed by atoms with E-state index in [2.05, 4.69) is 25.9 Å². The number of hydrogen-bond donors (Lipinski definition) is 2. The third-order valence-electron chi connectivity index (χ3n) is 2.41. The van der Waals surface area contributed by atoms with Crippen molar-refractivity contribution in [2.75, 3.05) is 0 Å². The van der Waals surface area contributed by atoms with E-state index in [1.165, 1.54) is 29.6 Å². The highest BCUT2D eigenvalue weighted by Gasteiger charge is 2.06. The fourth-order valence-corrected chi connectivity index (χ4v) is 3.07. The van der Waals surface area contributed by atoms with Gasteiger partial charge in [-0.2, -0.15) is 0 Å². The number of nitrogens with zero attached hydrogens (tertiary/aromatic N) is 1. The van der Waals surface area contributed by atoms with Crippen molar-refractivity contribution in [1.82, 2.24) is 9.97 Å². The Balaban J connectivity index is 2.19. The van der Waals surface area contributed by atoms with E-state index in [0.717, 1.165) is 15.8 Å². The second kappa shape index (κ2) is 6.36. The monoisotopic (exact) mass is 339 g/mol. The molecule has 0 aliphatic rings. The Bertz CT molecular complexity index is 627. The highest BCUT2D eigenvalue weighted by Crippen LogP contribution is 2.31. The molecule has 3 N–H and O–H groups in total. The first-order valence-electron chi connectivity index (χ1n) is 5.82. The minimum Gasteiger partial charge on any atom is -0.328 e. The summed E-state index contributed by atoms with van der Waals surface area (Å²) in [5.41, 5.74) is 6.81. The fraction of sp³-hybridized carbons (Fsp3) is 0.231. The molecule has 100 valence electrons. The van der Waals surface area contributed by atoms with Crippen molar-refractivity contribution >= 4 is 27.7 Å². The lowest BCUT2D eigenvalue weighted by atomic mass is 10.1. The largest absolute Gasteiger partial charge is 0.328 e. The van der Waals surface area contributed by atoms with Gasteiger partial charge >= 0.3 is 0 Å². The minimum atomic E-state index is -0.151. The maximum Gasteiger partial charge on any atom is 0.251 e. The Kier molecular flexibility index (Phi) is 4.79. The minimum absolute atomic E-state index is 0.137. The third-order valence-corrected chi connectivity index (χ3v) is 4.30. The van der Waals surface area contributed by atoms with E-state index in [9.17, 15) is 4.79 Å². The Morgan fingerprint density at radius 1 is 1.47 bits per heavy atom. The standard InChI is InChI=1S/C13H14BrN3OS/c1-8(15)6-9-2-3-11(10(14)7-9)19-13-16-5-4-12(18)17-13/h2-5,7-8H,6,15H2,1H3,(H,16,17,18). The molecule has 0 aliphatic heterocycles. The zero-order valence-corrected chi connectivity index (χ0v) is 12.8. The molecular weight excluding hydrogens is 326 g/mol. The topological polar surface area (TPSA) is 71.8 Å². The average Bonchev–Trinajstić information content (AvgIpc) is 2.32. The Hall–Kier alpha value is -1.11. The summed E-state index contributed by atoms with van der Waals surface area (Å²) >= 11 is 4.94. The lowest BCUT2D eigenvalue weighted by Gasteiger charge is -2.08. The first-order valence-corrected chi connectivity index (χ1v) is 7.43. The van der Waals surface area contributed by atoms with Gasteiger partial charge < -0.3 is 10.7 Å². The molecule has 0 saturated carbocycles. The quantitative estimate of drug-likeness (QED) is 0.839. The van der Waals surface area contributed by atoms with Gasteiger partial charge in [-0.05, 0) is 47.0 Å². The van der Waals surface area contributed by atoms with Crippen molar-refractivity contribution in [2.45, 2.75) is 29.4 Å². The molecule has 1 heterocycles. The lowest BCUT2D eigenvalue weighted by molar-refractivity contribution is 0.737. The van der Waals surface area contributed by atoms with Crippen LogP contribution in [0.15, 0.2) is 49.8 Å². The van der Waals surface area contributed by atoms with Gasteiger partial charge in [0.05, 0.1) is 0 Å². The number of benzene rings is 1. The molecule has 2 aromatic rings. The van der Waals surface area contributed by atoms with E-state index in [1.54, 1.807) is 0 Å². The number of H-pyrrole nitrogens is 1. The molecule has 2 rings (SSSR count). The molecule has 4 nitrogen and oxygen atoms in total. The van der Waals surface area contributed by atoms with Crippen LogP contribution >= 0.6 is 27.7 Å². The zero-order valence-electron chi connectivity index (χ0n) is 10.4. The van der Waals surface area contributed by atoms with Gasteiger partial charge in [0.1, 0.15) is 0 Å². The van der Waals surface area contributed by atoms with Gasteiger partial charge in [-0.1, -0.05) is 17.8 Å². The number of aromatic nitrogens is 2. The number of nitrogens with two attached hydrogens (primary N) is 1. The smallest absolute Gasteiger partial charge is 0.251 e. The summed E-state index contributed by atoms with van der Waals surface area (Å²) < 4.78 is 0.974. The molecule has 1 aromatic carbocycles. The molecule has 0 saturated heterocycles. The van der Waals surface area contributed by atoms with Crippen LogP contribution < -0.4 is 11.3 Å². The SMILES string of the molecule is CC(N)Cc1ccc(Sc2nccc(=O)[nH]2)c(Br)c1. The van der Waals surface area contributed by atoms with Crippen molar-refractivity contribution in [3.63, 3.8) is 0 Å². The number of hydrogen-bond acceptors (Lipinski definition) is 4. The van der Waals surface area contributed by atoms with Gasteiger partial charge in [0, 0.05) is 27.7 Å². The number of rotatable bonds is 4. The summed E-state index contributed by atoms with van der Waals surface area (Å²) in [4.78, 5) is 19.0. The second-order valence-corrected chi connectivity index (χ2v) is 6.17. The van der Waals surface area contributed by atoms with Crippen LogP contribution in [0.1, 0.15) is 12.5 Å². The average molecular weight is 340 g/mol. The second-order valence-electron chi connectivity index (χ2n) is 4.29. The first kappa shape index (κ1) is 14.3. The van der Waals surface area contributed by atoms with Crippen LogP contribution in [0.2, 0.25) is 0 Å². The van der Waals surface area contributed by atoms with E-state index in [0.29, 0.717) is 5.16 Å². The highest BCUT2D eigenvalue weighted by atomic mass is 79.9. The van der Waals surface area contributed by atoms with Crippen LogP contribution in [0.25, 0.3) is 0 Å². The van der Waals surface area contributed by atoms with Crippen molar-refractivity contribution in [2.24, 2.45) is 5.73 Å². The van der Waals surface area contributed by atoms with Crippen molar-refractivity contribution in [1.29, 1.82) is 0 Å². The van der Waals surface area contributed by atoms with Gasteiger partial charge in [-0.15, -0.1) is 0 Å². The predicted molar refractivity (Wildman–Crippen MR) is 80.5 cm³/mol. The highest BCUT2D eigenvalue weighted by molar-refractivity contribution is 9.10. The Morgan fingerprint density at radius 2 is 2.26 bits per heavy atom. The summed E-state index contributed by atoms with van der Waals surface area (Å²) in [6, 6.07) is 7.62. The van der Waals surface area contributed by atoms with Crippen LogP contribution in [0.5, 0.6) is 0 Å². The molecule has 0 spiro atoms. The summed E-state index contributed by atoms with van der Waals surface area (Å²) in [6.45, 7) is 1.98. The fourth-order valence-electron chi connectivity index (χ4n) is 1.63. The van der Waals surface area contributed by atoms with Gasteiger partial charge in [-0.25, -0.2) is 4.98 Å². The summed E-state index contributed by atoms with van der Waals surface area (Å²) in [7, 11) is 0. The normalized spacial score (nSPS) is 12.4. The molecular formula is C13H14BrN3OS. The molecule has 1 aromatic heterocycles. The van der Waals surface area contributed by atoms with Crippen LogP contribution in [-0.4, -0.2) is 16.0 Å². The van der Waals surface area contributed by atoms with Gasteiger partial charge in [-0.3, -0.25) is 4.79 Å². The number of nitrogens with one attached hydrogen (secondary N) is 1. The molecule has 0 radical (unpaired) electrons. The molecule has 0 amide bonds. The molecule has 0 fully saturated rings. The van der Waals surface area contributed by atoms with E-state index in [-0.39, 0.29) is 11.6 Å². The molecule has 1 unspecified atom stereocenters. The van der Waals surface area contributed by atoms with E-state index < -0.39 is 0 Å². The molecule has 1 atom stereocenters. The van der Waals surface area contributed by atoms with Gasteiger partial charge in [0.2, 0.25) is 0 Å². The maximum atomic E-state index is 11.2. The summed E-state index contributed by atoms with van der Waals surface area (Å²) in [5.74, 6) is 0. The van der Waals surface area contributed by atoms with E-state index >= 15 is 0 Å². The van der Waals surface area contributed by atoms with Gasteiger partial charge in [0.15, 0.2) is 5.16 Å². The Labute approximate surface area is 124 Å². The predicted octanol–water partition coefficient (Wildman–Crippen LogP) is 2.57. The van der Waals surface area contributed by atoms with Crippen LogP contribution in [0.3, 0.4) is 0 Å². The Morgan fingerprint density at radius 3 is 2.89 bits per heavy atom. The molecule has 0 aliphatic carbocycles. The van der Waals surface area contributed by atoms with Crippen LogP contribution in [0, 0.1) is 0 Å². The van der Waals surface area contributed by atoms with Crippen LogP contribution in [0.4, 0.5) is 0 Å². The first-order chi connectivity index (χ1) is 9.04. The maximum absolute atomic E-state index is 11.2. The number of halogens is 1. The van der Waals surface area contributed by atoms with E-state index in [1.807, 2.05) is 25.1 Å². The number of aromatic amines is 1. The third kappa shape index (κ3) is 4.19. The molecule has 0 bridgehead atoms. The van der Waals surface area contributed by atoms with Gasteiger partial charge in [0.25, 0.3) is 5.56 Å². The van der Waals surface area contributed by atoms with Crippen molar-refractivity contribution in [3.8, 4) is 0 Å². The zero-order chi connectivity index (χ0) is 13.8. The van der Waals surface area contributed by atoms with E-state index in [4.69, 9.17) is 5.73 Å².